The molecule has 2 nitrogen and oxygen atoms in total. The molecule has 0 aliphatic carbocycles. The first-order chi connectivity index (χ1) is 10.7. The van der Waals surface area contributed by atoms with Gasteiger partial charge in [-0.05, 0) is 17.7 Å². The lowest BCUT2D eigenvalue weighted by molar-refractivity contribution is -0.137. The predicted octanol–water partition coefficient (Wildman–Crippen LogP) is 4.71. The number of hydrazone groups is 1. The molecule has 0 unspecified atom stereocenters. The Labute approximate surface area is 125 Å². The van der Waals surface area contributed by atoms with E-state index in [0.29, 0.717) is 0 Å². The van der Waals surface area contributed by atoms with Crippen LogP contribution in [0.3, 0.4) is 0 Å². The first-order valence-electron chi connectivity index (χ1n) is 5.99. The molecular weight excluding hydrogens is 329 g/mol. The largest absolute Gasteiger partial charge is 0.416 e. The van der Waals surface area contributed by atoms with Crippen molar-refractivity contribution >= 4 is 11.9 Å². The van der Waals surface area contributed by atoms with Crippen LogP contribution in [0.4, 0.5) is 36.4 Å². The average molecular weight is 336 g/mol. The summed E-state index contributed by atoms with van der Waals surface area (Å²) in [7, 11) is 0. The molecule has 0 atom stereocenters. The van der Waals surface area contributed by atoms with Crippen LogP contribution in [0.1, 0.15) is 11.1 Å². The molecule has 0 heterocycles. The SMILES string of the molecule is Fc1cc(F)c(F)c(NN=Cc2cccc(C(F)(F)F)c2)c1F. The number of hydrogen-bond acceptors (Lipinski definition) is 2. The van der Waals surface area contributed by atoms with Crippen LogP contribution in [0.2, 0.25) is 0 Å². The van der Waals surface area contributed by atoms with Gasteiger partial charge in [-0.1, -0.05) is 12.1 Å². The summed E-state index contributed by atoms with van der Waals surface area (Å²) in [6.45, 7) is 0. The molecule has 122 valence electrons. The van der Waals surface area contributed by atoms with E-state index in [0.717, 1.165) is 24.4 Å². The summed E-state index contributed by atoms with van der Waals surface area (Å²) in [6, 6.07) is 3.94. The molecule has 0 amide bonds. The summed E-state index contributed by atoms with van der Waals surface area (Å²) in [5.74, 6) is -6.68. The minimum absolute atomic E-state index is 0.0202. The number of nitrogens with zero attached hydrogens (tertiary/aromatic N) is 1. The van der Waals surface area contributed by atoms with Crippen LogP contribution >= 0.6 is 0 Å². The van der Waals surface area contributed by atoms with Crippen LogP contribution in [-0.4, -0.2) is 6.21 Å². The number of hydrogen-bond donors (Lipinski definition) is 1. The molecule has 2 rings (SSSR count). The van der Waals surface area contributed by atoms with Crippen molar-refractivity contribution in [3.8, 4) is 0 Å². The molecule has 0 aromatic heterocycles. The Kier molecular flexibility index (Phi) is 4.57. The summed E-state index contributed by atoms with van der Waals surface area (Å²) in [6.07, 6.45) is -3.75. The molecular formula is C14H7F7N2. The third-order valence-corrected chi connectivity index (χ3v) is 2.72. The zero-order chi connectivity index (χ0) is 17.2. The summed E-state index contributed by atoms with van der Waals surface area (Å²) >= 11 is 0. The second-order valence-corrected chi connectivity index (χ2v) is 4.34. The maximum Gasteiger partial charge on any atom is 0.416 e. The Morgan fingerprint density at radius 3 is 2.09 bits per heavy atom. The van der Waals surface area contributed by atoms with Crippen molar-refractivity contribution in [2.75, 3.05) is 5.43 Å². The van der Waals surface area contributed by atoms with Crippen molar-refractivity contribution in [1.29, 1.82) is 0 Å². The molecule has 0 aliphatic rings. The van der Waals surface area contributed by atoms with E-state index in [1.165, 1.54) is 6.07 Å². The average Bonchev–Trinajstić information content (AvgIpc) is 2.48. The van der Waals surface area contributed by atoms with Crippen molar-refractivity contribution in [3.63, 3.8) is 0 Å². The second-order valence-electron chi connectivity index (χ2n) is 4.34. The van der Waals surface area contributed by atoms with E-state index < -0.39 is 40.7 Å². The van der Waals surface area contributed by atoms with Crippen LogP contribution in [0, 0.1) is 23.3 Å². The number of nitrogens with one attached hydrogen (secondary N) is 1. The highest BCUT2D eigenvalue weighted by molar-refractivity contribution is 5.80. The number of alkyl halides is 3. The lowest BCUT2D eigenvalue weighted by Crippen LogP contribution is -2.05. The van der Waals surface area contributed by atoms with Gasteiger partial charge in [-0.2, -0.15) is 18.3 Å². The quantitative estimate of drug-likeness (QED) is 0.373. The van der Waals surface area contributed by atoms with Crippen molar-refractivity contribution in [2.45, 2.75) is 6.18 Å². The predicted molar refractivity (Wildman–Crippen MR) is 68.9 cm³/mol. The third kappa shape index (κ3) is 3.79. The molecule has 0 saturated heterocycles. The van der Waals surface area contributed by atoms with E-state index in [9.17, 15) is 30.7 Å². The fraction of sp³-hybridized carbons (Fsp3) is 0.0714. The fourth-order valence-corrected chi connectivity index (χ4v) is 1.64. The Bertz CT molecular complexity index is 727. The minimum Gasteiger partial charge on any atom is -0.272 e. The van der Waals surface area contributed by atoms with Gasteiger partial charge in [0.2, 0.25) is 0 Å². The first-order valence-corrected chi connectivity index (χ1v) is 5.99. The Balaban J connectivity index is 2.24. The number of rotatable bonds is 3. The molecule has 1 N–H and O–H groups in total. The maximum atomic E-state index is 13.3. The number of anilines is 1. The standard InChI is InChI=1S/C14H7F7N2/c15-9-5-10(16)12(18)13(11(9)17)23-22-6-7-2-1-3-8(4-7)14(19,20)21/h1-6,23H. The van der Waals surface area contributed by atoms with Crippen molar-refractivity contribution in [2.24, 2.45) is 5.10 Å². The zero-order valence-electron chi connectivity index (χ0n) is 11.1. The van der Waals surface area contributed by atoms with E-state index >= 15 is 0 Å². The van der Waals surface area contributed by atoms with Gasteiger partial charge in [0, 0.05) is 6.07 Å². The van der Waals surface area contributed by atoms with E-state index in [-0.39, 0.29) is 11.6 Å². The Morgan fingerprint density at radius 2 is 1.52 bits per heavy atom. The molecule has 0 aliphatic heterocycles. The van der Waals surface area contributed by atoms with E-state index in [1.54, 1.807) is 5.43 Å². The van der Waals surface area contributed by atoms with Crippen LogP contribution in [0.5, 0.6) is 0 Å². The van der Waals surface area contributed by atoms with E-state index in [1.807, 2.05) is 0 Å². The minimum atomic E-state index is -4.57. The van der Waals surface area contributed by atoms with Crippen molar-refractivity contribution in [1.82, 2.24) is 0 Å². The van der Waals surface area contributed by atoms with E-state index in [4.69, 9.17) is 0 Å². The number of benzene rings is 2. The smallest absolute Gasteiger partial charge is 0.272 e. The molecule has 2 aromatic carbocycles. The molecule has 2 aromatic rings. The zero-order valence-corrected chi connectivity index (χ0v) is 11.1. The molecule has 23 heavy (non-hydrogen) atoms. The number of halogens is 7. The normalized spacial score (nSPS) is 12.0. The first kappa shape index (κ1) is 16.8. The Morgan fingerprint density at radius 1 is 0.913 bits per heavy atom. The van der Waals surface area contributed by atoms with Gasteiger partial charge in [-0.25, -0.2) is 17.6 Å². The summed E-state index contributed by atoms with van der Waals surface area (Å²) in [5, 5.41) is 3.28. The third-order valence-electron chi connectivity index (χ3n) is 2.72. The highest BCUT2D eigenvalue weighted by Crippen LogP contribution is 2.29. The monoisotopic (exact) mass is 336 g/mol. The van der Waals surface area contributed by atoms with Crippen LogP contribution < -0.4 is 5.43 Å². The van der Waals surface area contributed by atoms with Crippen LogP contribution in [-0.2, 0) is 6.18 Å². The molecule has 9 heteroatoms. The van der Waals surface area contributed by atoms with Gasteiger partial charge in [-0.3, -0.25) is 5.43 Å². The van der Waals surface area contributed by atoms with Gasteiger partial charge in [0.05, 0.1) is 11.8 Å². The lowest BCUT2D eigenvalue weighted by atomic mass is 10.1. The highest BCUT2D eigenvalue weighted by atomic mass is 19.4. The van der Waals surface area contributed by atoms with Gasteiger partial charge < -0.3 is 0 Å². The summed E-state index contributed by atoms with van der Waals surface area (Å²) < 4.78 is 90.1. The second kappa shape index (κ2) is 6.27. The summed E-state index contributed by atoms with van der Waals surface area (Å²) in [4.78, 5) is 0. The van der Waals surface area contributed by atoms with Crippen molar-refractivity contribution < 1.29 is 30.7 Å². The van der Waals surface area contributed by atoms with Gasteiger partial charge in [-0.15, -0.1) is 0 Å². The maximum absolute atomic E-state index is 13.3. The lowest BCUT2D eigenvalue weighted by Gasteiger charge is -2.07. The molecule has 0 fully saturated rings. The van der Waals surface area contributed by atoms with Gasteiger partial charge in [0.15, 0.2) is 23.3 Å². The van der Waals surface area contributed by atoms with Crippen LogP contribution in [0.15, 0.2) is 35.4 Å². The van der Waals surface area contributed by atoms with Crippen LogP contribution in [0.25, 0.3) is 0 Å². The van der Waals surface area contributed by atoms with Gasteiger partial charge in [0.1, 0.15) is 5.69 Å². The summed E-state index contributed by atoms with van der Waals surface area (Å²) in [5.41, 5.74) is -0.447. The topological polar surface area (TPSA) is 24.4 Å². The fourth-order valence-electron chi connectivity index (χ4n) is 1.64. The molecule has 0 saturated carbocycles. The van der Waals surface area contributed by atoms with Gasteiger partial charge in [0.25, 0.3) is 0 Å². The van der Waals surface area contributed by atoms with Crippen molar-refractivity contribution in [3.05, 3.63) is 64.7 Å². The van der Waals surface area contributed by atoms with Gasteiger partial charge >= 0.3 is 6.18 Å². The molecule has 0 radical (unpaired) electrons. The molecule has 0 spiro atoms. The Hall–Kier alpha value is -2.58. The highest BCUT2D eigenvalue weighted by Gasteiger charge is 2.30. The van der Waals surface area contributed by atoms with E-state index in [2.05, 4.69) is 5.10 Å². The molecule has 0 bridgehead atoms.